The molecule has 0 heterocycles. The summed E-state index contributed by atoms with van der Waals surface area (Å²) in [5.74, 6) is 0. The number of urea groups is 1. The molecule has 0 saturated carbocycles. The third kappa shape index (κ3) is 11.0. The standard InChI is InChI=1S/C11H21N3O3/c1-3-7-17-9-10(15)8-12-5-6-14-11(16)13-4-2/h3-4,10,12,15H,1,5-9H2,2H3,(H,14,16). The fourth-order valence-electron chi connectivity index (χ4n) is 1.04. The van der Waals surface area contributed by atoms with Crippen LogP contribution in [0.1, 0.15) is 6.92 Å². The molecule has 0 rings (SSSR count). The topological polar surface area (TPSA) is 83.0 Å². The van der Waals surface area contributed by atoms with Gasteiger partial charge in [0.15, 0.2) is 0 Å². The smallest absolute Gasteiger partial charge is 0.340 e. The van der Waals surface area contributed by atoms with Gasteiger partial charge in [-0.1, -0.05) is 6.08 Å². The van der Waals surface area contributed by atoms with E-state index in [-0.39, 0.29) is 12.6 Å². The van der Waals surface area contributed by atoms with E-state index in [1.807, 2.05) is 0 Å². The summed E-state index contributed by atoms with van der Waals surface area (Å²) in [5.41, 5.74) is 0. The lowest BCUT2D eigenvalue weighted by atomic mass is 10.4. The molecule has 0 aliphatic heterocycles. The molecule has 0 fully saturated rings. The average molecular weight is 243 g/mol. The molecule has 3 N–H and O–H groups in total. The minimum absolute atomic E-state index is 0.269. The molecular formula is C11H21N3O3. The lowest BCUT2D eigenvalue weighted by Crippen LogP contribution is -2.35. The van der Waals surface area contributed by atoms with Crippen LogP contribution in [0, 0.1) is 0 Å². The van der Waals surface area contributed by atoms with Crippen molar-refractivity contribution in [3.8, 4) is 0 Å². The van der Waals surface area contributed by atoms with Crippen molar-refractivity contribution in [2.45, 2.75) is 13.0 Å². The predicted octanol–water partition coefficient (Wildman–Crippen LogP) is -0.0602. The van der Waals surface area contributed by atoms with Crippen LogP contribution in [0.4, 0.5) is 4.79 Å². The molecule has 6 heteroatoms. The van der Waals surface area contributed by atoms with E-state index in [0.717, 1.165) is 0 Å². The first-order chi connectivity index (χ1) is 8.20. The minimum Gasteiger partial charge on any atom is -0.389 e. The Morgan fingerprint density at radius 1 is 1.59 bits per heavy atom. The number of rotatable bonds is 9. The number of hydrogen-bond acceptors (Lipinski definition) is 4. The fraction of sp³-hybridized carbons (Fsp3) is 0.636. The van der Waals surface area contributed by atoms with E-state index in [1.165, 1.54) is 6.21 Å². The molecule has 98 valence electrons. The van der Waals surface area contributed by atoms with E-state index < -0.39 is 6.10 Å². The van der Waals surface area contributed by atoms with Crippen molar-refractivity contribution in [3.05, 3.63) is 12.7 Å². The molecule has 1 atom stereocenters. The Morgan fingerprint density at radius 2 is 2.35 bits per heavy atom. The van der Waals surface area contributed by atoms with Gasteiger partial charge in [-0.3, -0.25) is 0 Å². The molecule has 0 aromatic carbocycles. The van der Waals surface area contributed by atoms with Gasteiger partial charge < -0.3 is 20.5 Å². The predicted molar refractivity (Wildman–Crippen MR) is 67.5 cm³/mol. The van der Waals surface area contributed by atoms with Crippen LogP contribution in [0.2, 0.25) is 0 Å². The van der Waals surface area contributed by atoms with Crippen molar-refractivity contribution in [2.75, 3.05) is 32.8 Å². The van der Waals surface area contributed by atoms with Crippen LogP contribution in [-0.2, 0) is 4.74 Å². The van der Waals surface area contributed by atoms with Gasteiger partial charge in [-0.05, 0) is 6.92 Å². The maximum Gasteiger partial charge on any atom is 0.340 e. The normalized spacial score (nSPS) is 12.6. The first-order valence-electron chi connectivity index (χ1n) is 5.54. The van der Waals surface area contributed by atoms with Crippen molar-refractivity contribution < 1.29 is 14.6 Å². The fourth-order valence-corrected chi connectivity index (χ4v) is 1.04. The Balaban J connectivity index is 3.32. The summed E-state index contributed by atoms with van der Waals surface area (Å²) >= 11 is 0. The second-order valence-electron chi connectivity index (χ2n) is 3.30. The molecule has 6 nitrogen and oxygen atoms in total. The largest absolute Gasteiger partial charge is 0.389 e. The van der Waals surface area contributed by atoms with Crippen LogP contribution >= 0.6 is 0 Å². The molecular weight excluding hydrogens is 222 g/mol. The van der Waals surface area contributed by atoms with Gasteiger partial charge in [0.1, 0.15) is 0 Å². The van der Waals surface area contributed by atoms with Gasteiger partial charge in [0.2, 0.25) is 0 Å². The van der Waals surface area contributed by atoms with Crippen molar-refractivity contribution >= 4 is 12.2 Å². The van der Waals surface area contributed by atoms with Gasteiger partial charge in [-0.25, -0.2) is 9.79 Å². The number of carbonyl (C=O) groups is 1. The number of hydrogen-bond donors (Lipinski definition) is 3. The zero-order chi connectivity index (χ0) is 12.9. The van der Waals surface area contributed by atoms with Gasteiger partial charge in [-0.15, -0.1) is 6.58 Å². The number of amides is 2. The molecule has 0 radical (unpaired) electrons. The lowest BCUT2D eigenvalue weighted by Gasteiger charge is -2.11. The summed E-state index contributed by atoms with van der Waals surface area (Å²) in [6, 6.07) is -0.357. The molecule has 2 amide bonds. The van der Waals surface area contributed by atoms with Crippen LogP contribution in [0.3, 0.4) is 0 Å². The maximum atomic E-state index is 10.9. The van der Waals surface area contributed by atoms with Gasteiger partial charge in [0.05, 0.1) is 19.3 Å². The van der Waals surface area contributed by atoms with E-state index in [0.29, 0.717) is 26.2 Å². The third-order valence-electron chi connectivity index (χ3n) is 1.75. The van der Waals surface area contributed by atoms with Gasteiger partial charge in [-0.2, -0.15) is 0 Å². The van der Waals surface area contributed by atoms with Crippen molar-refractivity contribution in [1.29, 1.82) is 0 Å². The van der Waals surface area contributed by atoms with E-state index in [4.69, 9.17) is 4.74 Å². The molecule has 0 aliphatic rings. The lowest BCUT2D eigenvalue weighted by molar-refractivity contribution is 0.0497. The highest BCUT2D eigenvalue weighted by Gasteiger charge is 2.02. The Hall–Kier alpha value is -1.24. The quantitative estimate of drug-likeness (QED) is 0.301. The number of nitrogens with zero attached hydrogens (tertiary/aromatic N) is 1. The van der Waals surface area contributed by atoms with Crippen LogP contribution in [0.25, 0.3) is 0 Å². The zero-order valence-electron chi connectivity index (χ0n) is 10.2. The van der Waals surface area contributed by atoms with Crippen LogP contribution < -0.4 is 10.6 Å². The molecule has 0 aliphatic carbocycles. The average Bonchev–Trinajstić information content (AvgIpc) is 2.29. The van der Waals surface area contributed by atoms with E-state index in [9.17, 15) is 9.90 Å². The number of aliphatic hydroxyl groups is 1. The first-order valence-corrected chi connectivity index (χ1v) is 5.54. The monoisotopic (exact) mass is 243 g/mol. The molecule has 0 aromatic rings. The number of aliphatic imine (C=N–C) groups is 1. The molecule has 0 aromatic heterocycles. The summed E-state index contributed by atoms with van der Waals surface area (Å²) in [6.45, 7) is 7.34. The van der Waals surface area contributed by atoms with Crippen LogP contribution in [0.15, 0.2) is 17.6 Å². The maximum absolute atomic E-state index is 10.9. The Morgan fingerprint density at radius 3 is 3.00 bits per heavy atom. The van der Waals surface area contributed by atoms with Gasteiger partial charge in [0, 0.05) is 25.8 Å². The summed E-state index contributed by atoms with van der Waals surface area (Å²) in [5, 5.41) is 15.0. The highest BCUT2D eigenvalue weighted by Crippen LogP contribution is 1.83. The minimum atomic E-state index is -0.556. The number of carbonyl (C=O) groups excluding carboxylic acids is 1. The summed E-state index contributed by atoms with van der Waals surface area (Å²) < 4.78 is 5.07. The molecule has 0 saturated heterocycles. The number of aliphatic hydroxyl groups excluding tert-OH is 1. The van der Waals surface area contributed by atoms with Crippen LogP contribution in [0.5, 0.6) is 0 Å². The Kier molecular flexibility index (Phi) is 10.4. The van der Waals surface area contributed by atoms with E-state index in [1.54, 1.807) is 13.0 Å². The Labute approximate surface area is 102 Å². The molecule has 17 heavy (non-hydrogen) atoms. The van der Waals surface area contributed by atoms with Crippen molar-refractivity contribution in [3.63, 3.8) is 0 Å². The first kappa shape index (κ1) is 15.8. The second-order valence-corrected chi connectivity index (χ2v) is 3.30. The Bertz CT molecular complexity index is 244. The highest BCUT2D eigenvalue weighted by molar-refractivity contribution is 5.82. The zero-order valence-corrected chi connectivity index (χ0v) is 10.2. The molecule has 0 bridgehead atoms. The number of nitrogens with one attached hydrogen (secondary N) is 2. The van der Waals surface area contributed by atoms with Gasteiger partial charge >= 0.3 is 6.03 Å². The van der Waals surface area contributed by atoms with Gasteiger partial charge in [0.25, 0.3) is 0 Å². The molecule has 1 unspecified atom stereocenters. The SMILES string of the molecule is C=CCOCC(O)CNCCNC(=O)N=CC. The van der Waals surface area contributed by atoms with Crippen molar-refractivity contribution in [2.24, 2.45) is 4.99 Å². The molecule has 0 spiro atoms. The third-order valence-corrected chi connectivity index (χ3v) is 1.75. The summed E-state index contributed by atoms with van der Waals surface area (Å²) in [6.07, 6.45) is 2.51. The van der Waals surface area contributed by atoms with Crippen LogP contribution in [-0.4, -0.2) is 56.3 Å². The van der Waals surface area contributed by atoms with E-state index in [2.05, 4.69) is 22.2 Å². The van der Waals surface area contributed by atoms with Crippen molar-refractivity contribution in [1.82, 2.24) is 10.6 Å². The summed E-state index contributed by atoms with van der Waals surface area (Å²) in [7, 11) is 0. The highest BCUT2D eigenvalue weighted by atomic mass is 16.5. The number of ether oxygens (including phenoxy) is 1. The summed E-state index contributed by atoms with van der Waals surface area (Å²) in [4.78, 5) is 14.4. The van der Waals surface area contributed by atoms with E-state index >= 15 is 0 Å². The second kappa shape index (κ2) is 11.3.